The van der Waals surface area contributed by atoms with Gasteiger partial charge in [-0.15, -0.1) is 0 Å². The average Bonchev–Trinajstić information content (AvgIpc) is 2.80. The van der Waals surface area contributed by atoms with Gasteiger partial charge in [-0.25, -0.2) is 0 Å². The quantitative estimate of drug-likeness (QED) is 0.578. The minimum atomic E-state index is -0.532. The number of aromatic nitrogens is 1. The van der Waals surface area contributed by atoms with Crippen LogP contribution in [0.4, 0.5) is 5.69 Å². The Bertz CT molecular complexity index is 897. The molecule has 0 unspecified atom stereocenters. The van der Waals surface area contributed by atoms with E-state index in [-0.39, 0.29) is 17.3 Å². The molecular weight excluding hydrogens is 284 g/mol. The molecule has 6 nitrogen and oxygen atoms in total. The van der Waals surface area contributed by atoms with Gasteiger partial charge < -0.3 is 5.11 Å². The molecule has 0 amide bonds. The first kappa shape index (κ1) is 13.8. The molecule has 0 fully saturated rings. The molecule has 3 rings (SSSR count). The fraction of sp³-hybridized carbons (Fsp3) is 0.0625. The minimum absolute atomic E-state index is 0.0636. The van der Waals surface area contributed by atoms with E-state index in [2.05, 4.69) is 0 Å². The molecule has 0 saturated heterocycles. The number of nitrogens with zero attached hydrogens (tertiary/aromatic N) is 2. The molecule has 6 heteroatoms. The fourth-order valence-corrected chi connectivity index (χ4v) is 2.56. The van der Waals surface area contributed by atoms with Crippen molar-refractivity contribution in [2.24, 2.45) is 0 Å². The standard InChI is InChI=1S/C16H12N2O4/c1-10(19)17-14-9-12(18(21)22)7-8-13(14)16(20)15(17)11-5-3-2-4-6-11/h2-9,20H,1H3. The van der Waals surface area contributed by atoms with Crippen LogP contribution in [-0.4, -0.2) is 20.5 Å². The number of carbonyl (C=O) groups excluding carboxylic acids is 1. The summed E-state index contributed by atoms with van der Waals surface area (Å²) in [5.41, 5.74) is 1.18. The van der Waals surface area contributed by atoms with E-state index in [1.807, 2.05) is 6.07 Å². The molecule has 3 aromatic rings. The highest BCUT2D eigenvalue weighted by Gasteiger charge is 2.22. The van der Waals surface area contributed by atoms with E-state index in [1.54, 1.807) is 24.3 Å². The van der Waals surface area contributed by atoms with Crippen LogP contribution in [-0.2, 0) is 0 Å². The highest BCUT2D eigenvalue weighted by molar-refractivity contribution is 6.03. The van der Waals surface area contributed by atoms with Gasteiger partial charge in [0.1, 0.15) is 5.75 Å². The molecule has 0 radical (unpaired) electrons. The van der Waals surface area contributed by atoms with Crippen molar-refractivity contribution in [1.29, 1.82) is 0 Å². The summed E-state index contributed by atoms with van der Waals surface area (Å²) in [6, 6.07) is 13.0. The van der Waals surface area contributed by atoms with Crippen LogP contribution in [0.25, 0.3) is 22.2 Å². The van der Waals surface area contributed by atoms with Gasteiger partial charge in [0.25, 0.3) is 5.69 Å². The van der Waals surface area contributed by atoms with Gasteiger partial charge >= 0.3 is 0 Å². The Kier molecular flexibility index (Phi) is 3.14. The number of non-ortho nitro benzene ring substituents is 1. The highest BCUT2D eigenvalue weighted by Crippen LogP contribution is 2.40. The summed E-state index contributed by atoms with van der Waals surface area (Å²) in [4.78, 5) is 22.4. The van der Waals surface area contributed by atoms with Gasteiger partial charge in [-0.3, -0.25) is 19.5 Å². The van der Waals surface area contributed by atoms with E-state index in [1.165, 1.54) is 29.7 Å². The van der Waals surface area contributed by atoms with E-state index in [0.717, 1.165) is 0 Å². The van der Waals surface area contributed by atoms with Crippen LogP contribution < -0.4 is 0 Å². The number of hydrogen-bond acceptors (Lipinski definition) is 4. The lowest BCUT2D eigenvalue weighted by atomic mass is 10.1. The number of hydrogen-bond donors (Lipinski definition) is 1. The van der Waals surface area contributed by atoms with E-state index >= 15 is 0 Å². The lowest BCUT2D eigenvalue weighted by Crippen LogP contribution is -2.07. The van der Waals surface area contributed by atoms with Crippen molar-refractivity contribution < 1.29 is 14.8 Å². The summed E-state index contributed by atoms with van der Waals surface area (Å²) in [6.07, 6.45) is 0. The number of nitro groups is 1. The van der Waals surface area contributed by atoms with E-state index in [0.29, 0.717) is 22.2 Å². The molecule has 0 aliphatic carbocycles. The molecular formula is C16H12N2O4. The Morgan fingerprint density at radius 1 is 1.18 bits per heavy atom. The monoisotopic (exact) mass is 296 g/mol. The zero-order valence-electron chi connectivity index (χ0n) is 11.7. The summed E-state index contributed by atoms with van der Waals surface area (Å²) in [5.74, 6) is -0.393. The normalized spacial score (nSPS) is 10.8. The lowest BCUT2D eigenvalue weighted by Gasteiger charge is -2.06. The minimum Gasteiger partial charge on any atom is -0.505 e. The highest BCUT2D eigenvalue weighted by atomic mass is 16.6. The van der Waals surface area contributed by atoms with Crippen LogP contribution in [0.1, 0.15) is 11.7 Å². The number of fused-ring (bicyclic) bond motifs is 1. The van der Waals surface area contributed by atoms with E-state index < -0.39 is 4.92 Å². The maximum absolute atomic E-state index is 12.0. The van der Waals surface area contributed by atoms with Crippen LogP contribution in [0, 0.1) is 10.1 Å². The number of aromatic hydroxyl groups is 1. The van der Waals surface area contributed by atoms with Gasteiger partial charge in [0.2, 0.25) is 5.91 Å². The van der Waals surface area contributed by atoms with Gasteiger partial charge in [0.15, 0.2) is 0 Å². The Balaban J connectivity index is 2.42. The van der Waals surface area contributed by atoms with Crippen LogP contribution >= 0.6 is 0 Å². The van der Waals surface area contributed by atoms with Crippen LogP contribution in [0.2, 0.25) is 0 Å². The van der Waals surface area contributed by atoms with Crippen molar-refractivity contribution in [3.8, 4) is 17.0 Å². The van der Waals surface area contributed by atoms with Crippen molar-refractivity contribution in [3.63, 3.8) is 0 Å². The van der Waals surface area contributed by atoms with E-state index in [4.69, 9.17) is 0 Å². The summed E-state index contributed by atoms with van der Waals surface area (Å²) >= 11 is 0. The molecule has 0 aliphatic rings. The molecule has 1 N–H and O–H groups in total. The largest absolute Gasteiger partial charge is 0.505 e. The summed E-state index contributed by atoms with van der Waals surface area (Å²) in [6.45, 7) is 1.35. The number of nitro benzene ring substituents is 1. The Morgan fingerprint density at radius 2 is 1.86 bits per heavy atom. The van der Waals surface area contributed by atoms with E-state index in [9.17, 15) is 20.0 Å². The van der Waals surface area contributed by atoms with Crippen LogP contribution in [0.5, 0.6) is 5.75 Å². The Labute approximate surface area is 125 Å². The van der Waals surface area contributed by atoms with Crippen molar-refractivity contribution in [2.75, 3.05) is 0 Å². The molecule has 2 aromatic carbocycles. The maximum Gasteiger partial charge on any atom is 0.271 e. The second-order valence-corrected chi connectivity index (χ2v) is 4.88. The molecule has 0 saturated carbocycles. The van der Waals surface area contributed by atoms with Crippen molar-refractivity contribution in [3.05, 3.63) is 58.6 Å². The molecule has 1 heterocycles. The number of carbonyl (C=O) groups is 1. The predicted molar refractivity (Wildman–Crippen MR) is 82.0 cm³/mol. The maximum atomic E-state index is 12.0. The third-order valence-corrected chi connectivity index (χ3v) is 3.50. The van der Waals surface area contributed by atoms with Crippen molar-refractivity contribution in [1.82, 2.24) is 4.57 Å². The molecule has 110 valence electrons. The summed E-state index contributed by atoms with van der Waals surface area (Å²) < 4.78 is 1.30. The van der Waals surface area contributed by atoms with Gasteiger partial charge in [-0.1, -0.05) is 30.3 Å². The third kappa shape index (κ3) is 2.01. The average molecular weight is 296 g/mol. The topological polar surface area (TPSA) is 85.4 Å². The number of rotatable bonds is 2. The molecule has 1 aromatic heterocycles. The second kappa shape index (κ2) is 5.00. The molecule has 0 spiro atoms. The summed E-state index contributed by atoms with van der Waals surface area (Å²) in [7, 11) is 0. The first-order chi connectivity index (χ1) is 10.5. The van der Waals surface area contributed by atoms with Gasteiger partial charge in [0.05, 0.1) is 16.1 Å². The number of benzene rings is 2. The second-order valence-electron chi connectivity index (χ2n) is 4.88. The zero-order chi connectivity index (χ0) is 15.9. The van der Waals surface area contributed by atoms with Crippen LogP contribution in [0.15, 0.2) is 48.5 Å². The molecule has 0 bridgehead atoms. The third-order valence-electron chi connectivity index (χ3n) is 3.50. The zero-order valence-corrected chi connectivity index (χ0v) is 11.7. The first-order valence-electron chi connectivity index (χ1n) is 6.59. The Morgan fingerprint density at radius 3 is 2.45 bits per heavy atom. The molecule has 0 atom stereocenters. The van der Waals surface area contributed by atoms with Gasteiger partial charge in [-0.2, -0.15) is 0 Å². The van der Waals surface area contributed by atoms with Gasteiger partial charge in [-0.05, 0) is 6.07 Å². The van der Waals surface area contributed by atoms with Crippen molar-refractivity contribution >= 4 is 22.5 Å². The molecule has 22 heavy (non-hydrogen) atoms. The predicted octanol–water partition coefficient (Wildman–Crippen LogP) is 3.58. The smallest absolute Gasteiger partial charge is 0.271 e. The van der Waals surface area contributed by atoms with Crippen LogP contribution in [0.3, 0.4) is 0 Å². The fourth-order valence-electron chi connectivity index (χ4n) is 2.56. The molecule has 0 aliphatic heterocycles. The van der Waals surface area contributed by atoms with Crippen molar-refractivity contribution in [2.45, 2.75) is 6.92 Å². The first-order valence-corrected chi connectivity index (χ1v) is 6.59. The Hall–Kier alpha value is -3.15. The lowest BCUT2D eigenvalue weighted by molar-refractivity contribution is -0.384. The van der Waals surface area contributed by atoms with Gasteiger partial charge in [0, 0.05) is 30.0 Å². The SMILES string of the molecule is CC(=O)n1c(-c2ccccc2)c(O)c2ccc([N+](=O)[O-])cc21. The summed E-state index contributed by atoms with van der Waals surface area (Å²) in [5, 5.41) is 21.8.